The van der Waals surface area contributed by atoms with Crippen molar-refractivity contribution >= 4 is 23.0 Å². The number of hydrogen-bond donors (Lipinski definition) is 1. The second kappa shape index (κ2) is 9.41. The number of nitrogens with two attached hydrogens (primary N) is 1. The third kappa shape index (κ3) is 4.25. The number of carbonyl (C=O) groups is 2. The molecule has 180 valence electrons. The molecule has 35 heavy (non-hydrogen) atoms. The SMILES string of the molecule is CCOC(=O)Cn1c(=O)n(-c2ccc(C)c(C)c2)c2nc(-c3ccccc3OC)nc(C(N)=O)c21. The van der Waals surface area contributed by atoms with E-state index in [2.05, 4.69) is 9.97 Å². The maximum Gasteiger partial charge on any atom is 0.335 e. The summed E-state index contributed by atoms with van der Waals surface area (Å²) >= 11 is 0. The molecule has 2 N–H and O–H groups in total. The molecule has 2 aromatic heterocycles. The number of aromatic nitrogens is 4. The van der Waals surface area contributed by atoms with E-state index in [-0.39, 0.29) is 29.3 Å². The van der Waals surface area contributed by atoms with Gasteiger partial charge < -0.3 is 15.2 Å². The monoisotopic (exact) mass is 475 g/mol. The minimum Gasteiger partial charge on any atom is -0.496 e. The molecule has 0 saturated heterocycles. The number of primary amides is 1. The summed E-state index contributed by atoms with van der Waals surface area (Å²) in [5, 5.41) is 0. The van der Waals surface area contributed by atoms with Gasteiger partial charge in [-0.05, 0) is 56.2 Å². The molecule has 0 fully saturated rings. The van der Waals surface area contributed by atoms with Gasteiger partial charge in [0.2, 0.25) is 0 Å². The second-order valence-electron chi connectivity index (χ2n) is 7.91. The first kappa shape index (κ1) is 23.7. The highest BCUT2D eigenvalue weighted by molar-refractivity contribution is 6.02. The Morgan fingerprint density at radius 3 is 2.46 bits per heavy atom. The summed E-state index contributed by atoms with van der Waals surface area (Å²) in [5.74, 6) is -0.885. The maximum atomic E-state index is 13.6. The van der Waals surface area contributed by atoms with Crippen molar-refractivity contribution < 1.29 is 19.1 Å². The zero-order valence-corrected chi connectivity index (χ0v) is 19.9. The highest BCUT2D eigenvalue weighted by Gasteiger charge is 2.26. The molecule has 0 aliphatic rings. The normalized spacial score (nSPS) is 11.0. The summed E-state index contributed by atoms with van der Waals surface area (Å²) in [6, 6.07) is 12.5. The molecule has 0 bridgehead atoms. The number of esters is 1. The smallest absolute Gasteiger partial charge is 0.335 e. The van der Waals surface area contributed by atoms with E-state index in [0.29, 0.717) is 17.0 Å². The fourth-order valence-corrected chi connectivity index (χ4v) is 3.86. The van der Waals surface area contributed by atoms with Gasteiger partial charge in [0.1, 0.15) is 17.8 Å². The number of ether oxygens (including phenoxy) is 2. The van der Waals surface area contributed by atoms with Gasteiger partial charge in [-0.2, -0.15) is 0 Å². The molecule has 0 unspecified atom stereocenters. The number of para-hydroxylation sites is 1. The average molecular weight is 476 g/mol. The van der Waals surface area contributed by atoms with Crippen molar-refractivity contribution in [1.82, 2.24) is 19.1 Å². The number of nitrogens with zero attached hydrogens (tertiary/aromatic N) is 4. The van der Waals surface area contributed by atoms with Gasteiger partial charge in [0.15, 0.2) is 17.2 Å². The van der Waals surface area contributed by atoms with Gasteiger partial charge in [-0.15, -0.1) is 0 Å². The lowest BCUT2D eigenvalue weighted by molar-refractivity contribution is -0.143. The Balaban J connectivity index is 2.12. The molecule has 0 radical (unpaired) electrons. The summed E-state index contributed by atoms with van der Waals surface area (Å²) in [6.07, 6.45) is 0. The van der Waals surface area contributed by atoms with E-state index < -0.39 is 24.1 Å². The molecule has 0 spiro atoms. The minimum absolute atomic E-state index is 0.0485. The van der Waals surface area contributed by atoms with Gasteiger partial charge in [0.05, 0.1) is 25.0 Å². The number of rotatable bonds is 7. The standard InChI is InChI=1S/C25H25N5O5/c1-5-35-19(31)13-29-21-20(22(26)32)27-23(17-8-6-7-9-18(17)34-4)28-24(21)30(25(29)33)16-11-10-14(2)15(3)12-16/h6-12H,5,13H2,1-4H3,(H2,26,32). The van der Waals surface area contributed by atoms with Crippen molar-refractivity contribution in [3.05, 3.63) is 69.8 Å². The van der Waals surface area contributed by atoms with E-state index in [1.807, 2.05) is 26.0 Å². The number of hydrogen-bond acceptors (Lipinski definition) is 7. The van der Waals surface area contributed by atoms with Crippen LogP contribution < -0.4 is 16.2 Å². The Morgan fingerprint density at radius 1 is 1.06 bits per heavy atom. The highest BCUT2D eigenvalue weighted by Crippen LogP contribution is 2.30. The van der Waals surface area contributed by atoms with Crippen LogP contribution in [0.5, 0.6) is 5.75 Å². The van der Waals surface area contributed by atoms with Crippen LogP contribution in [0.15, 0.2) is 47.3 Å². The summed E-state index contributed by atoms with van der Waals surface area (Å²) < 4.78 is 12.9. The molecule has 4 rings (SSSR count). The largest absolute Gasteiger partial charge is 0.496 e. The number of imidazole rings is 1. The Morgan fingerprint density at radius 2 is 1.80 bits per heavy atom. The van der Waals surface area contributed by atoms with Gasteiger partial charge in [-0.1, -0.05) is 18.2 Å². The van der Waals surface area contributed by atoms with Crippen LogP contribution in [0.4, 0.5) is 0 Å². The van der Waals surface area contributed by atoms with E-state index in [4.69, 9.17) is 15.2 Å². The number of benzene rings is 2. The lowest BCUT2D eigenvalue weighted by Gasteiger charge is -2.10. The summed E-state index contributed by atoms with van der Waals surface area (Å²) in [4.78, 5) is 47.6. The van der Waals surface area contributed by atoms with Crippen molar-refractivity contribution in [2.45, 2.75) is 27.3 Å². The Hall–Kier alpha value is -4.47. The number of carbonyl (C=O) groups excluding carboxylic acids is 2. The Kier molecular flexibility index (Phi) is 6.37. The van der Waals surface area contributed by atoms with Gasteiger partial charge in [-0.3, -0.25) is 14.2 Å². The van der Waals surface area contributed by atoms with Crippen LogP contribution in [-0.2, 0) is 16.1 Å². The first-order valence-electron chi connectivity index (χ1n) is 11.0. The molecule has 10 nitrogen and oxygen atoms in total. The predicted molar refractivity (Wildman–Crippen MR) is 130 cm³/mol. The zero-order valence-electron chi connectivity index (χ0n) is 19.9. The Bertz CT molecular complexity index is 1520. The van der Waals surface area contributed by atoms with Crippen LogP contribution in [0, 0.1) is 13.8 Å². The van der Waals surface area contributed by atoms with E-state index in [1.54, 1.807) is 37.3 Å². The van der Waals surface area contributed by atoms with Crippen molar-refractivity contribution in [3.8, 4) is 22.8 Å². The molecule has 4 aromatic rings. The van der Waals surface area contributed by atoms with Crippen molar-refractivity contribution in [2.24, 2.45) is 5.73 Å². The van der Waals surface area contributed by atoms with Crippen LogP contribution in [0.2, 0.25) is 0 Å². The molecular weight excluding hydrogens is 450 g/mol. The van der Waals surface area contributed by atoms with Crippen molar-refractivity contribution in [1.29, 1.82) is 0 Å². The zero-order chi connectivity index (χ0) is 25.3. The molecule has 10 heteroatoms. The fraction of sp³-hybridized carbons (Fsp3) is 0.240. The number of methoxy groups -OCH3 is 1. The van der Waals surface area contributed by atoms with Gasteiger partial charge in [0, 0.05) is 0 Å². The van der Waals surface area contributed by atoms with Crippen LogP contribution in [-0.4, -0.2) is 44.7 Å². The molecule has 0 saturated carbocycles. The summed E-state index contributed by atoms with van der Waals surface area (Å²) in [7, 11) is 1.51. The van der Waals surface area contributed by atoms with Crippen LogP contribution >= 0.6 is 0 Å². The predicted octanol–water partition coefficient (Wildman–Crippen LogP) is 2.54. The number of aryl methyl sites for hydroxylation is 2. The third-order valence-corrected chi connectivity index (χ3v) is 5.69. The topological polar surface area (TPSA) is 131 Å². The molecule has 2 aromatic carbocycles. The van der Waals surface area contributed by atoms with Crippen molar-refractivity contribution in [3.63, 3.8) is 0 Å². The quantitative estimate of drug-likeness (QED) is 0.406. The molecule has 0 atom stereocenters. The van der Waals surface area contributed by atoms with E-state index in [9.17, 15) is 14.4 Å². The molecule has 1 amide bonds. The average Bonchev–Trinajstić information content (AvgIpc) is 3.11. The van der Waals surface area contributed by atoms with Crippen molar-refractivity contribution in [2.75, 3.05) is 13.7 Å². The molecule has 2 heterocycles. The first-order valence-corrected chi connectivity index (χ1v) is 11.0. The third-order valence-electron chi connectivity index (χ3n) is 5.69. The lowest BCUT2D eigenvalue weighted by Crippen LogP contribution is -2.28. The summed E-state index contributed by atoms with van der Waals surface area (Å²) in [6.45, 7) is 5.25. The van der Waals surface area contributed by atoms with Gasteiger partial charge in [0.25, 0.3) is 5.91 Å². The lowest BCUT2D eigenvalue weighted by atomic mass is 10.1. The number of amides is 1. The summed E-state index contributed by atoms with van der Waals surface area (Å²) in [5.41, 5.74) is 8.13. The van der Waals surface area contributed by atoms with Gasteiger partial charge >= 0.3 is 11.7 Å². The van der Waals surface area contributed by atoms with E-state index in [1.165, 1.54) is 11.7 Å². The minimum atomic E-state index is -0.872. The van der Waals surface area contributed by atoms with Crippen LogP contribution in [0.1, 0.15) is 28.5 Å². The molecule has 0 aliphatic carbocycles. The fourth-order valence-electron chi connectivity index (χ4n) is 3.86. The maximum absolute atomic E-state index is 13.6. The van der Waals surface area contributed by atoms with Crippen LogP contribution in [0.3, 0.4) is 0 Å². The number of fused-ring (bicyclic) bond motifs is 1. The second-order valence-corrected chi connectivity index (χ2v) is 7.91. The van der Waals surface area contributed by atoms with E-state index in [0.717, 1.165) is 15.7 Å². The van der Waals surface area contributed by atoms with Crippen LogP contribution in [0.25, 0.3) is 28.2 Å². The van der Waals surface area contributed by atoms with E-state index >= 15 is 0 Å². The highest BCUT2D eigenvalue weighted by atomic mass is 16.5. The van der Waals surface area contributed by atoms with Gasteiger partial charge in [-0.25, -0.2) is 19.3 Å². The molecule has 0 aliphatic heterocycles. The Labute approximate surface area is 200 Å². The first-order chi connectivity index (χ1) is 16.8. The molecular formula is C25H25N5O5.